The third kappa shape index (κ3) is 4.78. The number of nitrogens with two attached hydrogens (primary N) is 1. The second-order valence-corrected chi connectivity index (χ2v) is 8.11. The molecule has 1 saturated carbocycles. The smallest absolute Gasteiger partial charge is 0.0825 e. The van der Waals surface area contributed by atoms with Crippen LogP contribution in [0.3, 0.4) is 0 Å². The Morgan fingerprint density at radius 3 is 2.58 bits per heavy atom. The van der Waals surface area contributed by atoms with Crippen molar-refractivity contribution in [2.75, 3.05) is 37.6 Å². The summed E-state index contributed by atoms with van der Waals surface area (Å²) >= 11 is 12.6. The van der Waals surface area contributed by atoms with E-state index >= 15 is 0 Å². The summed E-state index contributed by atoms with van der Waals surface area (Å²) < 4.78 is 0. The van der Waals surface area contributed by atoms with Gasteiger partial charge in [-0.1, -0.05) is 29.3 Å². The summed E-state index contributed by atoms with van der Waals surface area (Å²) in [6.45, 7) is 5.58. The Kier molecular flexibility index (Phi) is 6.68. The van der Waals surface area contributed by atoms with Gasteiger partial charge in [-0.2, -0.15) is 0 Å². The van der Waals surface area contributed by atoms with E-state index in [1.807, 2.05) is 12.1 Å². The molecule has 0 atom stereocenters. The van der Waals surface area contributed by atoms with Crippen molar-refractivity contribution in [1.29, 1.82) is 0 Å². The van der Waals surface area contributed by atoms with Gasteiger partial charge in [0, 0.05) is 25.7 Å². The molecule has 3 rings (SSSR count). The zero-order chi connectivity index (χ0) is 16.9. The summed E-state index contributed by atoms with van der Waals surface area (Å²) in [5, 5.41) is 1.33. The Bertz CT molecular complexity index is 529. The van der Waals surface area contributed by atoms with Crippen molar-refractivity contribution in [1.82, 2.24) is 4.90 Å². The highest BCUT2D eigenvalue weighted by molar-refractivity contribution is 6.43. The van der Waals surface area contributed by atoms with Gasteiger partial charge in [0.05, 0.1) is 15.7 Å². The Labute approximate surface area is 156 Å². The van der Waals surface area contributed by atoms with Crippen LogP contribution in [0.25, 0.3) is 0 Å². The average molecular weight is 370 g/mol. The first-order chi connectivity index (χ1) is 11.6. The molecule has 5 heteroatoms. The van der Waals surface area contributed by atoms with Crippen LogP contribution in [0.4, 0.5) is 5.69 Å². The highest BCUT2D eigenvalue weighted by Gasteiger charge is 2.21. The van der Waals surface area contributed by atoms with E-state index < -0.39 is 0 Å². The van der Waals surface area contributed by atoms with Gasteiger partial charge in [-0.15, -0.1) is 0 Å². The molecule has 0 aromatic heterocycles. The minimum Gasteiger partial charge on any atom is -0.369 e. The first-order valence-corrected chi connectivity index (χ1v) is 10.1. The van der Waals surface area contributed by atoms with Gasteiger partial charge in [0.15, 0.2) is 0 Å². The second-order valence-electron chi connectivity index (χ2n) is 7.32. The van der Waals surface area contributed by atoms with Crippen LogP contribution in [0.15, 0.2) is 18.2 Å². The second kappa shape index (κ2) is 8.75. The summed E-state index contributed by atoms with van der Waals surface area (Å²) in [5.74, 6) is 0.881. The minimum absolute atomic E-state index is 0.454. The first-order valence-electron chi connectivity index (χ1n) is 9.30. The van der Waals surface area contributed by atoms with Crippen molar-refractivity contribution >= 4 is 28.9 Å². The molecule has 24 heavy (non-hydrogen) atoms. The van der Waals surface area contributed by atoms with Gasteiger partial charge in [0.1, 0.15) is 0 Å². The fourth-order valence-electron chi connectivity index (χ4n) is 4.01. The standard InChI is InChI=1S/C19H29Cl2N3/c20-17-3-1-4-18(19(17)21)24-11-2-10-23(13-14-24)12-9-15-5-7-16(22)8-6-15/h1,3-4,15-16H,2,5-14,22H2. The van der Waals surface area contributed by atoms with Crippen LogP contribution >= 0.6 is 23.2 Å². The fraction of sp³-hybridized carbons (Fsp3) is 0.684. The Hall–Kier alpha value is -0.480. The molecule has 0 unspecified atom stereocenters. The maximum atomic E-state index is 6.39. The molecule has 2 fully saturated rings. The number of benzene rings is 1. The number of rotatable bonds is 4. The fourth-order valence-corrected chi connectivity index (χ4v) is 4.43. The van der Waals surface area contributed by atoms with Crippen molar-refractivity contribution < 1.29 is 0 Å². The Morgan fingerprint density at radius 1 is 1.00 bits per heavy atom. The lowest BCUT2D eigenvalue weighted by Crippen LogP contribution is -2.33. The largest absolute Gasteiger partial charge is 0.369 e. The lowest BCUT2D eigenvalue weighted by molar-refractivity contribution is 0.236. The highest BCUT2D eigenvalue weighted by atomic mass is 35.5. The normalized spacial score (nSPS) is 26.4. The predicted molar refractivity (Wildman–Crippen MR) is 104 cm³/mol. The zero-order valence-corrected chi connectivity index (χ0v) is 15.9. The molecular weight excluding hydrogens is 341 g/mol. The molecule has 0 spiro atoms. The minimum atomic E-state index is 0.454. The predicted octanol–water partition coefficient (Wildman–Crippen LogP) is 4.41. The van der Waals surface area contributed by atoms with E-state index in [0.29, 0.717) is 16.1 Å². The molecule has 0 bridgehead atoms. The van der Waals surface area contributed by atoms with Gasteiger partial charge in [0.2, 0.25) is 0 Å². The van der Waals surface area contributed by atoms with Gasteiger partial charge in [0.25, 0.3) is 0 Å². The van der Waals surface area contributed by atoms with Gasteiger partial charge in [-0.3, -0.25) is 0 Å². The SMILES string of the molecule is NC1CCC(CCN2CCCN(c3cccc(Cl)c3Cl)CC2)CC1. The molecule has 1 heterocycles. The van der Waals surface area contributed by atoms with E-state index in [1.54, 1.807) is 0 Å². The van der Waals surface area contributed by atoms with E-state index in [4.69, 9.17) is 28.9 Å². The lowest BCUT2D eigenvalue weighted by atomic mass is 9.84. The molecule has 1 aromatic rings. The molecule has 0 amide bonds. The van der Waals surface area contributed by atoms with Crippen LogP contribution in [0, 0.1) is 5.92 Å². The quantitative estimate of drug-likeness (QED) is 0.852. The summed E-state index contributed by atoms with van der Waals surface area (Å²) in [4.78, 5) is 5.00. The van der Waals surface area contributed by atoms with E-state index in [9.17, 15) is 0 Å². The zero-order valence-electron chi connectivity index (χ0n) is 14.4. The summed E-state index contributed by atoms with van der Waals surface area (Å²) in [6.07, 6.45) is 7.57. The third-order valence-corrected chi connectivity index (χ3v) is 6.41. The lowest BCUT2D eigenvalue weighted by Gasteiger charge is -2.29. The van der Waals surface area contributed by atoms with Crippen molar-refractivity contribution in [3.05, 3.63) is 28.2 Å². The number of anilines is 1. The molecule has 2 N–H and O–H groups in total. The highest BCUT2D eigenvalue weighted by Crippen LogP contribution is 2.33. The molecule has 3 nitrogen and oxygen atoms in total. The van der Waals surface area contributed by atoms with E-state index in [1.165, 1.54) is 51.6 Å². The monoisotopic (exact) mass is 369 g/mol. The van der Waals surface area contributed by atoms with E-state index in [-0.39, 0.29) is 0 Å². The molecule has 1 aliphatic heterocycles. The maximum absolute atomic E-state index is 6.39. The Morgan fingerprint density at radius 2 is 1.79 bits per heavy atom. The number of hydrogen-bond donors (Lipinski definition) is 1. The molecule has 1 saturated heterocycles. The van der Waals surface area contributed by atoms with Crippen LogP contribution in [-0.2, 0) is 0 Å². The van der Waals surface area contributed by atoms with E-state index in [0.717, 1.165) is 31.2 Å². The topological polar surface area (TPSA) is 32.5 Å². The third-order valence-electron chi connectivity index (χ3n) is 5.61. The van der Waals surface area contributed by atoms with Crippen LogP contribution in [0.2, 0.25) is 10.0 Å². The van der Waals surface area contributed by atoms with Crippen LogP contribution < -0.4 is 10.6 Å². The average Bonchev–Trinajstić information content (AvgIpc) is 2.82. The van der Waals surface area contributed by atoms with Crippen molar-refractivity contribution in [2.24, 2.45) is 11.7 Å². The van der Waals surface area contributed by atoms with Crippen molar-refractivity contribution in [2.45, 2.75) is 44.6 Å². The molecule has 1 aromatic carbocycles. The maximum Gasteiger partial charge on any atom is 0.0825 e. The number of nitrogens with zero attached hydrogens (tertiary/aromatic N) is 2. The van der Waals surface area contributed by atoms with Crippen LogP contribution in [-0.4, -0.2) is 43.7 Å². The number of hydrogen-bond acceptors (Lipinski definition) is 3. The molecule has 0 radical (unpaired) electrons. The van der Waals surface area contributed by atoms with Gasteiger partial charge in [-0.05, 0) is 69.7 Å². The first kappa shape index (κ1) is 18.3. The van der Waals surface area contributed by atoms with Crippen LogP contribution in [0.5, 0.6) is 0 Å². The van der Waals surface area contributed by atoms with Crippen molar-refractivity contribution in [3.8, 4) is 0 Å². The molecule has 134 valence electrons. The van der Waals surface area contributed by atoms with Gasteiger partial charge >= 0.3 is 0 Å². The summed E-state index contributed by atoms with van der Waals surface area (Å²) in [6, 6.07) is 6.37. The summed E-state index contributed by atoms with van der Waals surface area (Å²) in [7, 11) is 0. The van der Waals surface area contributed by atoms with E-state index in [2.05, 4.69) is 15.9 Å². The Balaban J connectivity index is 1.49. The number of halogens is 2. The summed E-state index contributed by atoms with van der Waals surface area (Å²) in [5.41, 5.74) is 7.09. The molecule has 1 aliphatic carbocycles. The molecule has 2 aliphatic rings. The van der Waals surface area contributed by atoms with Crippen molar-refractivity contribution in [3.63, 3.8) is 0 Å². The van der Waals surface area contributed by atoms with Gasteiger partial charge in [-0.25, -0.2) is 0 Å². The van der Waals surface area contributed by atoms with Gasteiger partial charge < -0.3 is 15.5 Å². The van der Waals surface area contributed by atoms with Crippen LogP contribution in [0.1, 0.15) is 38.5 Å². The molecular formula is C19H29Cl2N3.